The van der Waals surface area contributed by atoms with Crippen molar-refractivity contribution in [1.82, 2.24) is 15.6 Å². The maximum absolute atomic E-state index is 13.7. The molecule has 0 atom stereocenters. The predicted molar refractivity (Wildman–Crippen MR) is 120 cm³/mol. The molecule has 0 fully saturated rings. The molecule has 0 radical (unpaired) electrons. The molecule has 2 aromatic carbocycles. The van der Waals surface area contributed by atoms with E-state index in [0.717, 1.165) is 11.3 Å². The number of guanidine groups is 1. The Morgan fingerprint density at radius 3 is 2.55 bits per heavy atom. The molecule has 0 aliphatic rings. The van der Waals surface area contributed by atoms with Crippen LogP contribution in [0.5, 0.6) is 0 Å². The van der Waals surface area contributed by atoms with E-state index in [1.807, 2.05) is 6.92 Å². The highest BCUT2D eigenvalue weighted by atomic mass is 127. The topological polar surface area (TPSA) is 62.5 Å². The normalized spacial score (nSPS) is 11.1. The van der Waals surface area contributed by atoms with Gasteiger partial charge in [0.05, 0.1) is 12.2 Å². The summed E-state index contributed by atoms with van der Waals surface area (Å²) < 4.78 is 32.2. The molecule has 1 heterocycles. The molecule has 0 spiro atoms. The molecular formula is C21H23F2IN4O. The molecule has 2 N–H and O–H groups in total. The van der Waals surface area contributed by atoms with Crippen molar-refractivity contribution in [2.45, 2.75) is 19.9 Å². The summed E-state index contributed by atoms with van der Waals surface area (Å²) in [6.45, 7) is 3.49. The van der Waals surface area contributed by atoms with E-state index in [1.165, 1.54) is 18.2 Å². The number of aromatic nitrogens is 1. The second-order valence-corrected chi connectivity index (χ2v) is 6.11. The second kappa shape index (κ2) is 11.5. The Hall–Kier alpha value is -2.49. The molecular weight excluding hydrogens is 489 g/mol. The van der Waals surface area contributed by atoms with Gasteiger partial charge in [0, 0.05) is 30.6 Å². The maximum Gasteiger partial charge on any atom is 0.226 e. The predicted octanol–water partition coefficient (Wildman–Crippen LogP) is 4.54. The van der Waals surface area contributed by atoms with Crippen LogP contribution in [0.25, 0.3) is 11.5 Å². The smallest absolute Gasteiger partial charge is 0.226 e. The van der Waals surface area contributed by atoms with Crippen LogP contribution in [-0.2, 0) is 13.0 Å². The van der Waals surface area contributed by atoms with Crippen molar-refractivity contribution in [3.05, 3.63) is 77.7 Å². The van der Waals surface area contributed by atoms with Crippen LogP contribution in [0.3, 0.4) is 0 Å². The highest BCUT2D eigenvalue weighted by molar-refractivity contribution is 14.0. The fraction of sp³-hybridized carbons (Fsp3) is 0.238. The Labute approximate surface area is 185 Å². The molecule has 0 amide bonds. The summed E-state index contributed by atoms with van der Waals surface area (Å²) in [5.74, 6) is 0.492. The summed E-state index contributed by atoms with van der Waals surface area (Å²) in [4.78, 5) is 8.83. The molecule has 1 aromatic heterocycles. The zero-order valence-corrected chi connectivity index (χ0v) is 18.3. The van der Waals surface area contributed by atoms with Crippen LogP contribution in [-0.4, -0.2) is 24.0 Å². The molecule has 8 heteroatoms. The van der Waals surface area contributed by atoms with E-state index in [1.54, 1.807) is 36.6 Å². The number of nitrogens with zero attached hydrogens (tertiary/aromatic N) is 2. The number of halogens is 3. The van der Waals surface area contributed by atoms with Crippen molar-refractivity contribution in [3.63, 3.8) is 0 Å². The van der Waals surface area contributed by atoms with E-state index >= 15 is 0 Å². The highest BCUT2D eigenvalue weighted by Gasteiger charge is 2.07. The largest absolute Gasteiger partial charge is 0.444 e. The van der Waals surface area contributed by atoms with Crippen LogP contribution in [0.15, 0.2) is 64.2 Å². The minimum atomic E-state index is -0.301. The van der Waals surface area contributed by atoms with E-state index in [-0.39, 0.29) is 42.2 Å². The van der Waals surface area contributed by atoms with Gasteiger partial charge in [0.2, 0.25) is 5.89 Å². The number of rotatable bonds is 7. The van der Waals surface area contributed by atoms with E-state index in [9.17, 15) is 8.78 Å². The lowest BCUT2D eigenvalue weighted by atomic mass is 10.2. The lowest BCUT2D eigenvalue weighted by Gasteiger charge is -2.10. The van der Waals surface area contributed by atoms with E-state index in [0.29, 0.717) is 36.9 Å². The monoisotopic (exact) mass is 512 g/mol. The second-order valence-electron chi connectivity index (χ2n) is 6.11. The molecule has 5 nitrogen and oxygen atoms in total. The first-order valence-corrected chi connectivity index (χ1v) is 9.11. The maximum atomic E-state index is 13.7. The molecule has 3 rings (SSSR count). The van der Waals surface area contributed by atoms with Gasteiger partial charge in [0.1, 0.15) is 17.9 Å². The van der Waals surface area contributed by atoms with Gasteiger partial charge in [-0.2, -0.15) is 0 Å². The zero-order chi connectivity index (χ0) is 19.8. The number of hydrogen-bond acceptors (Lipinski definition) is 3. The number of nitrogens with one attached hydrogen (secondary N) is 2. The Morgan fingerprint density at radius 1 is 1.07 bits per heavy atom. The molecule has 0 saturated carbocycles. The third-order valence-electron chi connectivity index (χ3n) is 4.03. The van der Waals surface area contributed by atoms with Crippen molar-refractivity contribution in [3.8, 4) is 11.5 Å². The first-order valence-electron chi connectivity index (χ1n) is 9.11. The standard InChI is InChI=1S/C21H22F2N4O.HI/c1-2-24-21(26-13-16-5-3-4-6-19(16)23)25-12-11-18-14-28-20(27-18)15-7-9-17(22)10-8-15;/h3-10,14H,2,11-13H2,1H3,(H2,24,25,26);1H. The van der Waals surface area contributed by atoms with E-state index in [2.05, 4.69) is 20.6 Å². The fourth-order valence-electron chi connectivity index (χ4n) is 2.59. The minimum absolute atomic E-state index is 0. The lowest BCUT2D eigenvalue weighted by Crippen LogP contribution is -2.38. The van der Waals surface area contributed by atoms with Crippen LogP contribution < -0.4 is 10.6 Å². The van der Waals surface area contributed by atoms with Crippen molar-refractivity contribution < 1.29 is 13.2 Å². The number of oxazole rings is 1. The van der Waals surface area contributed by atoms with Crippen molar-refractivity contribution in [2.75, 3.05) is 13.1 Å². The summed E-state index contributed by atoms with van der Waals surface area (Å²) >= 11 is 0. The van der Waals surface area contributed by atoms with Crippen molar-refractivity contribution >= 4 is 29.9 Å². The quantitative estimate of drug-likeness (QED) is 0.278. The zero-order valence-electron chi connectivity index (χ0n) is 16.0. The summed E-state index contributed by atoms with van der Waals surface area (Å²) in [7, 11) is 0. The van der Waals surface area contributed by atoms with Crippen LogP contribution in [0.2, 0.25) is 0 Å². The molecule has 29 heavy (non-hydrogen) atoms. The van der Waals surface area contributed by atoms with Crippen molar-refractivity contribution in [1.29, 1.82) is 0 Å². The van der Waals surface area contributed by atoms with Gasteiger partial charge in [-0.05, 0) is 37.3 Å². The lowest BCUT2D eigenvalue weighted by molar-refractivity contribution is 0.571. The van der Waals surface area contributed by atoms with Gasteiger partial charge in [0.25, 0.3) is 0 Å². The summed E-state index contributed by atoms with van der Waals surface area (Å²) in [6, 6.07) is 12.6. The highest BCUT2D eigenvalue weighted by Crippen LogP contribution is 2.19. The van der Waals surface area contributed by atoms with Crippen LogP contribution >= 0.6 is 24.0 Å². The Morgan fingerprint density at radius 2 is 1.83 bits per heavy atom. The molecule has 0 unspecified atom stereocenters. The SMILES string of the molecule is CCNC(=NCc1ccccc1F)NCCc1coc(-c2ccc(F)cc2)n1.I. The van der Waals surface area contributed by atoms with Crippen molar-refractivity contribution in [2.24, 2.45) is 4.99 Å². The van der Waals surface area contributed by atoms with Gasteiger partial charge in [-0.15, -0.1) is 24.0 Å². The average molecular weight is 512 g/mol. The van der Waals surface area contributed by atoms with Crippen LogP contribution in [0.4, 0.5) is 8.78 Å². The van der Waals surface area contributed by atoms with Gasteiger partial charge in [-0.1, -0.05) is 18.2 Å². The van der Waals surface area contributed by atoms with Gasteiger partial charge in [0.15, 0.2) is 5.96 Å². The Bertz CT molecular complexity index is 928. The Kier molecular flexibility index (Phi) is 9.04. The molecule has 0 bridgehead atoms. The Balaban J connectivity index is 0.00000300. The summed E-state index contributed by atoms with van der Waals surface area (Å²) in [6.07, 6.45) is 2.21. The van der Waals surface area contributed by atoms with Crippen LogP contribution in [0, 0.1) is 11.6 Å². The third kappa shape index (κ3) is 6.81. The minimum Gasteiger partial charge on any atom is -0.444 e. The molecule has 154 valence electrons. The first-order chi connectivity index (χ1) is 13.7. The van der Waals surface area contributed by atoms with Gasteiger partial charge < -0.3 is 15.1 Å². The van der Waals surface area contributed by atoms with Crippen LogP contribution in [0.1, 0.15) is 18.2 Å². The molecule has 0 aliphatic carbocycles. The number of hydrogen-bond donors (Lipinski definition) is 2. The number of aliphatic imine (C=N–C) groups is 1. The van der Waals surface area contributed by atoms with E-state index in [4.69, 9.17) is 4.42 Å². The van der Waals surface area contributed by atoms with Gasteiger partial charge in [-0.3, -0.25) is 0 Å². The third-order valence-corrected chi connectivity index (χ3v) is 4.03. The number of benzene rings is 2. The first kappa shape index (κ1) is 22.8. The fourth-order valence-corrected chi connectivity index (χ4v) is 2.59. The average Bonchev–Trinajstić information content (AvgIpc) is 3.16. The molecule has 0 aliphatic heterocycles. The van der Waals surface area contributed by atoms with E-state index < -0.39 is 0 Å². The summed E-state index contributed by atoms with van der Waals surface area (Å²) in [5.41, 5.74) is 2.04. The molecule has 3 aromatic rings. The molecule has 0 saturated heterocycles. The van der Waals surface area contributed by atoms with Gasteiger partial charge >= 0.3 is 0 Å². The van der Waals surface area contributed by atoms with Gasteiger partial charge in [-0.25, -0.2) is 18.8 Å². The summed E-state index contributed by atoms with van der Waals surface area (Å²) in [5, 5.41) is 6.33.